The van der Waals surface area contributed by atoms with Crippen molar-refractivity contribution in [2.75, 3.05) is 26.4 Å². The van der Waals surface area contributed by atoms with Crippen LogP contribution in [0.3, 0.4) is 0 Å². The number of unbranched alkanes of at least 4 members (excludes halogenated alkanes) is 50. The van der Waals surface area contributed by atoms with Crippen LogP contribution >= 0.6 is 0 Å². The van der Waals surface area contributed by atoms with Crippen LogP contribution in [0.1, 0.15) is 373 Å². The molecule has 3 rings (SSSR count). The van der Waals surface area contributed by atoms with Crippen molar-refractivity contribution in [3.8, 4) is 0 Å². The maximum absolute atomic E-state index is 13.5. The van der Waals surface area contributed by atoms with Crippen LogP contribution in [0.25, 0.3) is 0 Å². The van der Waals surface area contributed by atoms with Crippen LogP contribution in [0.15, 0.2) is 48.6 Å². The summed E-state index contributed by atoms with van der Waals surface area (Å²) in [7, 11) is 0. The maximum Gasteiger partial charge on any atom is 0.220 e. The molecule has 0 spiro atoms. The molecule has 0 saturated carbocycles. The summed E-state index contributed by atoms with van der Waals surface area (Å²) >= 11 is 0. The van der Waals surface area contributed by atoms with Crippen LogP contribution in [0.2, 0.25) is 0 Å². The Morgan fingerprint density at radius 1 is 0.336 bits per heavy atom. The molecular formula is C88H163NO18. The fourth-order valence-electron chi connectivity index (χ4n) is 15.0. The number of ether oxygens (including phenoxy) is 6. The number of aliphatic hydroxyl groups excluding tert-OH is 11. The van der Waals surface area contributed by atoms with E-state index in [0.29, 0.717) is 6.42 Å². The van der Waals surface area contributed by atoms with E-state index >= 15 is 0 Å². The lowest BCUT2D eigenvalue weighted by Gasteiger charge is -2.48. The molecule has 19 heteroatoms. The quantitative estimate of drug-likeness (QED) is 0.0199. The zero-order valence-corrected chi connectivity index (χ0v) is 67.6. The molecule has 3 heterocycles. The van der Waals surface area contributed by atoms with Gasteiger partial charge < -0.3 is 89.9 Å². The van der Waals surface area contributed by atoms with Crippen LogP contribution in [-0.2, 0) is 33.2 Å². The first-order chi connectivity index (χ1) is 52.3. The predicted molar refractivity (Wildman–Crippen MR) is 429 cm³/mol. The van der Waals surface area contributed by atoms with E-state index in [0.717, 1.165) is 57.8 Å². The Kier molecular flexibility index (Phi) is 63.0. The number of carbonyl (C=O) groups excluding carboxylic acids is 1. The minimum Gasteiger partial charge on any atom is -0.394 e. The Hall–Kier alpha value is -2.25. The Morgan fingerprint density at radius 3 is 0.963 bits per heavy atom. The summed E-state index contributed by atoms with van der Waals surface area (Å²) in [6, 6.07) is -0.976. The van der Waals surface area contributed by atoms with Crippen molar-refractivity contribution in [2.45, 2.75) is 478 Å². The van der Waals surface area contributed by atoms with Gasteiger partial charge in [0.2, 0.25) is 5.91 Å². The Morgan fingerprint density at radius 2 is 0.617 bits per heavy atom. The van der Waals surface area contributed by atoms with Crippen molar-refractivity contribution >= 4 is 5.91 Å². The van der Waals surface area contributed by atoms with E-state index in [-0.39, 0.29) is 18.9 Å². The molecule has 0 radical (unpaired) electrons. The molecule has 0 aliphatic carbocycles. The molecule has 12 N–H and O–H groups in total. The number of hydrogen-bond donors (Lipinski definition) is 12. The van der Waals surface area contributed by atoms with Gasteiger partial charge >= 0.3 is 0 Å². The number of allylic oxidation sites excluding steroid dienone is 7. The average molecular weight is 1520 g/mol. The van der Waals surface area contributed by atoms with E-state index < -0.39 is 124 Å². The highest BCUT2D eigenvalue weighted by Gasteiger charge is 2.54. The van der Waals surface area contributed by atoms with Gasteiger partial charge in [-0.15, -0.1) is 0 Å². The third kappa shape index (κ3) is 47.3. The second-order valence-electron chi connectivity index (χ2n) is 31.7. The van der Waals surface area contributed by atoms with Crippen molar-refractivity contribution in [1.29, 1.82) is 0 Å². The molecule has 107 heavy (non-hydrogen) atoms. The summed E-state index contributed by atoms with van der Waals surface area (Å²) < 4.78 is 34.5. The molecule has 628 valence electrons. The summed E-state index contributed by atoms with van der Waals surface area (Å²) in [5, 5.41) is 121. The van der Waals surface area contributed by atoms with E-state index in [1.165, 1.54) is 289 Å². The Balaban J connectivity index is 1.34. The number of amides is 1. The van der Waals surface area contributed by atoms with Gasteiger partial charge in [0, 0.05) is 6.42 Å². The molecule has 3 fully saturated rings. The van der Waals surface area contributed by atoms with Crippen LogP contribution in [0.4, 0.5) is 0 Å². The number of rotatable bonds is 72. The van der Waals surface area contributed by atoms with Crippen LogP contribution in [0.5, 0.6) is 0 Å². The van der Waals surface area contributed by atoms with Gasteiger partial charge in [-0.2, -0.15) is 0 Å². The highest BCUT2D eigenvalue weighted by Crippen LogP contribution is 2.34. The lowest BCUT2D eigenvalue weighted by molar-refractivity contribution is -0.379. The molecule has 17 atom stereocenters. The first-order valence-corrected chi connectivity index (χ1v) is 44.4. The largest absolute Gasteiger partial charge is 0.394 e. The van der Waals surface area contributed by atoms with E-state index in [9.17, 15) is 61.0 Å². The summed E-state index contributed by atoms with van der Waals surface area (Å²) in [5.74, 6) is -0.270. The lowest BCUT2D eigenvalue weighted by atomic mass is 9.96. The number of aliphatic hydroxyl groups is 11. The predicted octanol–water partition coefficient (Wildman–Crippen LogP) is 16.4. The summed E-state index contributed by atoms with van der Waals surface area (Å²) in [5.41, 5.74) is 0. The molecule has 3 saturated heterocycles. The smallest absolute Gasteiger partial charge is 0.220 e. The monoisotopic (exact) mass is 1520 g/mol. The van der Waals surface area contributed by atoms with Crippen molar-refractivity contribution in [2.24, 2.45) is 0 Å². The fourth-order valence-corrected chi connectivity index (χ4v) is 15.0. The Labute approximate surface area is 650 Å². The van der Waals surface area contributed by atoms with E-state index in [2.05, 4.69) is 55.6 Å². The van der Waals surface area contributed by atoms with Gasteiger partial charge in [0.1, 0.15) is 73.2 Å². The van der Waals surface area contributed by atoms with Gasteiger partial charge in [-0.3, -0.25) is 4.79 Å². The van der Waals surface area contributed by atoms with Crippen molar-refractivity contribution in [3.63, 3.8) is 0 Å². The van der Waals surface area contributed by atoms with Gasteiger partial charge in [0.15, 0.2) is 18.9 Å². The number of hydrogen-bond acceptors (Lipinski definition) is 18. The van der Waals surface area contributed by atoms with Crippen LogP contribution < -0.4 is 5.32 Å². The van der Waals surface area contributed by atoms with Gasteiger partial charge in [-0.05, 0) is 57.8 Å². The normalized spacial score (nSPS) is 25.7. The minimum absolute atomic E-state index is 0.244. The highest BCUT2D eigenvalue weighted by molar-refractivity contribution is 5.76. The first-order valence-electron chi connectivity index (χ1n) is 44.4. The topological polar surface area (TPSA) is 307 Å². The van der Waals surface area contributed by atoms with Crippen molar-refractivity contribution < 1.29 is 89.4 Å². The molecule has 1 amide bonds. The van der Waals surface area contributed by atoms with Crippen molar-refractivity contribution in [3.05, 3.63) is 48.6 Å². The molecule has 17 unspecified atom stereocenters. The standard InChI is InChI=1S/C88H163NO18/c1-3-5-7-9-11-13-15-17-19-21-23-25-27-29-31-33-35-37-39-41-43-45-47-49-51-53-55-57-59-61-63-65-72(93)71(89-76(94)66-64-62-60-58-56-54-52-50-48-46-44-42-40-38-36-34-32-30-28-26-24-22-20-18-16-14-12-10-8-6-4-2)70-102-86-82(100)79(97)84(74(68-91)104-86)107-88-83(101)80(98)85(75(69-92)105-88)106-87-81(99)78(96)77(95)73(67-90)103-87/h16,18,22,24,28,30,63,65,71-75,77-88,90-93,95-101H,3-15,17,19-21,23,25-27,29,31-62,64,66-70H2,1-2H3,(H,89,94)/b18-16-,24-22-,30-28-,65-63+. The zero-order chi connectivity index (χ0) is 77.4. The van der Waals surface area contributed by atoms with E-state index in [4.69, 9.17) is 28.4 Å². The number of carbonyl (C=O) groups is 1. The molecule has 3 aliphatic rings. The summed E-state index contributed by atoms with van der Waals surface area (Å²) in [4.78, 5) is 13.5. The molecule has 0 bridgehead atoms. The molecule has 0 aromatic carbocycles. The maximum atomic E-state index is 13.5. The van der Waals surface area contributed by atoms with Crippen LogP contribution in [0, 0.1) is 0 Å². The molecule has 19 nitrogen and oxygen atoms in total. The van der Waals surface area contributed by atoms with Gasteiger partial charge in [0.05, 0.1) is 38.6 Å². The zero-order valence-electron chi connectivity index (χ0n) is 67.6. The molecule has 3 aliphatic heterocycles. The summed E-state index contributed by atoms with van der Waals surface area (Å²) in [6.45, 7) is 1.78. The van der Waals surface area contributed by atoms with Crippen molar-refractivity contribution in [1.82, 2.24) is 5.32 Å². The third-order valence-corrected chi connectivity index (χ3v) is 22.1. The van der Waals surface area contributed by atoms with Crippen LogP contribution in [-0.4, -0.2) is 193 Å². The highest BCUT2D eigenvalue weighted by atomic mass is 16.8. The molecular weight excluding hydrogens is 1360 g/mol. The molecule has 0 aromatic rings. The SMILES string of the molecule is CCCCCCC/C=C\C/C=C\C/C=C\CCCCCCCCCCCCCCCCCCC(=O)NC(COC1OC(CO)C(OC2OC(CO)C(OC3OC(CO)C(O)C(O)C3O)C(O)C2O)C(O)C1O)C(O)/C=C/CCCCCCCCCCCCCCCCCCCCCCCCCCCCCCC. The van der Waals surface area contributed by atoms with E-state index in [1.807, 2.05) is 6.08 Å². The van der Waals surface area contributed by atoms with Gasteiger partial charge in [-0.1, -0.05) is 358 Å². The lowest BCUT2D eigenvalue weighted by Crippen LogP contribution is -2.66. The number of nitrogens with one attached hydrogen (secondary N) is 1. The average Bonchev–Trinajstić information content (AvgIpc) is 0.780. The summed E-state index contributed by atoms with van der Waals surface area (Å²) in [6.07, 6.45) is 61.1. The first kappa shape index (κ1) is 98.9. The third-order valence-electron chi connectivity index (χ3n) is 22.1. The van der Waals surface area contributed by atoms with Gasteiger partial charge in [-0.25, -0.2) is 0 Å². The molecule has 0 aromatic heterocycles. The minimum atomic E-state index is -1.98. The Bertz CT molecular complexity index is 2120. The second-order valence-corrected chi connectivity index (χ2v) is 31.7. The fraction of sp³-hybridized carbons (Fsp3) is 0.898. The van der Waals surface area contributed by atoms with E-state index in [1.54, 1.807) is 6.08 Å². The van der Waals surface area contributed by atoms with Gasteiger partial charge in [0.25, 0.3) is 0 Å². The second kappa shape index (κ2) is 68.2.